The predicted octanol–water partition coefficient (Wildman–Crippen LogP) is 4.75. The van der Waals surface area contributed by atoms with E-state index in [2.05, 4.69) is 25.7 Å². The van der Waals surface area contributed by atoms with Crippen molar-refractivity contribution in [2.24, 2.45) is 0 Å². The Bertz CT molecular complexity index is 417. The van der Waals surface area contributed by atoms with Crippen molar-refractivity contribution in [3.63, 3.8) is 0 Å². The molecule has 0 heterocycles. The van der Waals surface area contributed by atoms with Gasteiger partial charge in [-0.05, 0) is 50.9 Å². The second-order valence-corrected chi connectivity index (χ2v) is 5.33. The third-order valence-corrected chi connectivity index (χ3v) is 3.30. The number of rotatable bonds is 8. The summed E-state index contributed by atoms with van der Waals surface area (Å²) < 4.78 is 5.45. The van der Waals surface area contributed by atoms with Gasteiger partial charge in [0.15, 0.2) is 0 Å². The van der Waals surface area contributed by atoms with E-state index in [9.17, 15) is 0 Å². The Balaban J connectivity index is 2.93. The zero-order valence-electron chi connectivity index (χ0n) is 12.1. The molecule has 0 fully saturated rings. The average Bonchev–Trinajstić information content (AvgIpc) is 2.38. The summed E-state index contributed by atoms with van der Waals surface area (Å²) in [6.45, 7) is 9.19. The van der Waals surface area contributed by atoms with Gasteiger partial charge in [0.05, 0.1) is 7.11 Å². The van der Waals surface area contributed by atoms with Crippen LogP contribution in [0, 0.1) is 0 Å². The van der Waals surface area contributed by atoms with E-state index in [4.69, 9.17) is 16.3 Å². The van der Waals surface area contributed by atoms with Crippen LogP contribution < -0.4 is 10.1 Å². The summed E-state index contributed by atoms with van der Waals surface area (Å²) in [4.78, 5) is 0. The molecule has 1 aromatic rings. The van der Waals surface area contributed by atoms with Crippen LogP contribution in [-0.2, 0) is 0 Å². The van der Waals surface area contributed by atoms with E-state index >= 15 is 0 Å². The Labute approximate surface area is 121 Å². The van der Waals surface area contributed by atoms with Crippen molar-refractivity contribution in [3.05, 3.63) is 40.9 Å². The number of hydrogen-bond donors (Lipinski definition) is 1. The molecule has 1 rings (SSSR count). The molecular formula is C16H24ClNO. The molecule has 0 amide bonds. The normalized spacial score (nSPS) is 12.2. The van der Waals surface area contributed by atoms with Gasteiger partial charge < -0.3 is 10.1 Å². The summed E-state index contributed by atoms with van der Waals surface area (Å²) in [5, 5.41) is 4.31. The van der Waals surface area contributed by atoms with Gasteiger partial charge in [-0.3, -0.25) is 0 Å². The van der Waals surface area contributed by atoms with Crippen molar-refractivity contribution < 1.29 is 4.74 Å². The molecule has 3 heteroatoms. The Hall–Kier alpha value is -0.990. The molecule has 2 nitrogen and oxygen atoms in total. The molecule has 0 saturated carbocycles. The van der Waals surface area contributed by atoms with Crippen LogP contribution in [0.2, 0.25) is 5.02 Å². The zero-order chi connectivity index (χ0) is 14.3. The highest BCUT2D eigenvalue weighted by molar-refractivity contribution is 6.30. The smallest absolute Gasteiger partial charge is 0.123 e. The van der Waals surface area contributed by atoms with Crippen LogP contribution in [0.15, 0.2) is 30.4 Å². The number of ether oxygens (including phenoxy) is 1. The van der Waals surface area contributed by atoms with Crippen molar-refractivity contribution in [1.82, 2.24) is 5.32 Å². The van der Waals surface area contributed by atoms with E-state index in [0.717, 1.165) is 42.1 Å². The first-order valence-corrected chi connectivity index (χ1v) is 7.17. The summed E-state index contributed by atoms with van der Waals surface area (Å²) in [6, 6.07) is 6.04. The molecule has 0 aliphatic carbocycles. The number of nitrogens with one attached hydrogen (secondary N) is 1. The molecule has 0 radical (unpaired) electrons. The van der Waals surface area contributed by atoms with Crippen molar-refractivity contribution in [3.8, 4) is 5.75 Å². The summed E-state index contributed by atoms with van der Waals surface area (Å²) in [5.41, 5.74) is 2.33. The molecule has 19 heavy (non-hydrogen) atoms. The number of benzene rings is 1. The number of hydrogen-bond acceptors (Lipinski definition) is 2. The quantitative estimate of drug-likeness (QED) is 0.695. The van der Waals surface area contributed by atoms with Crippen LogP contribution in [0.5, 0.6) is 5.75 Å². The summed E-state index contributed by atoms with van der Waals surface area (Å²) in [6.07, 6.45) is 3.11. The zero-order valence-corrected chi connectivity index (χ0v) is 12.9. The second kappa shape index (κ2) is 8.23. The van der Waals surface area contributed by atoms with Gasteiger partial charge >= 0.3 is 0 Å². The van der Waals surface area contributed by atoms with Crippen LogP contribution in [0.3, 0.4) is 0 Å². The lowest BCUT2D eigenvalue weighted by molar-refractivity contribution is 0.394. The van der Waals surface area contributed by atoms with E-state index in [-0.39, 0.29) is 6.04 Å². The molecule has 0 spiro atoms. The van der Waals surface area contributed by atoms with Crippen LogP contribution in [0.25, 0.3) is 0 Å². The van der Waals surface area contributed by atoms with Gasteiger partial charge in [-0.1, -0.05) is 24.1 Å². The lowest BCUT2D eigenvalue weighted by atomic mass is 9.99. The Morgan fingerprint density at radius 2 is 2.21 bits per heavy atom. The fourth-order valence-electron chi connectivity index (χ4n) is 2.05. The molecule has 0 aliphatic rings. The number of allylic oxidation sites excluding steroid dienone is 1. The van der Waals surface area contributed by atoms with Gasteiger partial charge in [0.1, 0.15) is 5.75 Å². The summed E-state index contributed by atoms with van der Waals surface area (Å²) in [7, 11) is 1.70. The third-order valence-electron chi connectivity index (χ3n) is 3.07. The highest BCUT2D eigenvalue weighted by Crippen LogP contribution is 2.31. The Kier molecular flexibility index (Phi) is 6.96. The van der Waals surface area contributed by atoms with E-state index in [1.807, 2.05) is 18.2 Å². The monoisotopic (exact) mass is 281 g/mol. The summed E-state index contributed by atoms with van der Waals surface area (Å²) in [5.74, 6) is 0.889. The average molecular weight is 282 g/mol. The largest absolute Gasteiger partial charge is 0.496 e. The number of methoxy groups -OCH3 is 1. The molecule has 1 atom stereocenters. The lowest BCUT2D eigenvalue weighted by Gasteiger charge is -2.21. The van der Waals surface area contributed by atoms with Crippen LogP contribution in [-0.4, -0.2) is 13.7 Å². The summed E-state index contributed by atoms with van der Waals surface area (Å²) >= 11 is 6.11. The first kappa shape index (κ1) is 16.1. The molecule has 0 aromatic heterocycles. The Morgan fingerprint density at radius 1 is 1.47 bits per heavy atom. The van der Waals surface area contributed by atoms with Crippen molar-refractivity contribution in [1.29, 1.82) is 0 Å². The minimum absolute atomic E-state index is 0.255. The SMILES string of the molecule is C=C(C)CCC(NCCC)c1cc(Cl)ccc1OC. The minimum Gasteiger partial charge on any atom is -0.496 e. The second-order valence-electron chi connectivity index (χ2n) is 4.89. The standard InChI is InChI=1S/C16H24ClNO/c1-5-10-18-15(8-6-12(2)3)14-11-13(17)7-9-16(14)19-4/h7,9,11,15,18H,2,5-6,8,10H2,1,3-4H3. The van der Waals surface area contributed by atoms with Gasteiger partial charge in [0.2, 0.25) is 0 Å². The van der Waals surface area contributed by atoms with E-state index in [1.165, 1.54) is 5.57 Å². The number of halogens is 1. The maximum absolute atomic E-state index is 6.11. The van der Waals surface area contributed by atoms with Gasteiger partial charge in [-0.25, -0.2) is 0 Å². The maximum atomic E-state index is 6.11. The molecule has 106 valence electrons. The van der Waals surface area contributed by atoms with E-state index in [1.54, 1.807) is 7.11 Å². The first-order chi connectivity index (χ1) is 9.08. The highest BCUT2D eigenvalue weighted by atomic mass is 35.5. The van der Waals surface area contributed by atoms with E-state index < -0.39 is 0 Å². The predicted molar refractivity (Wildman–Crippen MR) is 83.1 cm³/mol. The van der Waals surface area contributed by atoms with Gasteiger partial charge in [0, 0.05) is 16.6 Å². The van der Waals surface area contributed by atoms with Gasteiger partial charge in [-0.15, -0.1) is 6.58 Å². The molecule has 0 saturated heterocycles. The molecule has 0 bridgehead atoms. The topological polar surface area (TPSA) is 21.3 Å². The van der Waals surface area contributed by atoms with Crippen LogP contribution in [0.1, 0.15) is 44.7 Å². The van der Waals surface area contributed by atoms with Crippen LogP contribution in [0.4, 0.5) is 0 Å². The molecule has 0 aliphatic heterocycles. The van der Waals surface area contributed by atoms with E-state index in [0.29, 0.717) is 0 Å². The maximum Gasteiger partial charge on any atom is 0.123 e. The van der Waals surface area contributed by atoms with Crippen molar-refractivity contribution in [2.75, 3.05) is 13.7 Å². The van der Waals surface area contributed by atoms with Gasteiger partial charge in [0.25, 0.3) is 0 Å². The molecule has 1 unspecified atom stereocenters. The van der Waals surface area contributed by atoms with Crippen molar-refractivity contribution >= 4 is 11.6 Å². The van der Waals surface area contributed by atoms with Gasteiger partial charge in [-0.2, -0.15) is 0 Å². The highest BCUT2D eigenvalue weighted by Gasteiger charge is 2.15. The molecule has 1 aromatic carbocycles. The lowest BCUT2D eigenvalue weighted by Crippen LogP contribution is -2.22. The first-order valence-electron chi connectivity index (χ1n) is 6.79. The third kappa shape index (κ3) is 5.25. The molecular weight excluding hydrogens is 258 g/mol. The fourth-order valence-corrected chi connectivity index (χ4v) is 2.23. The molecule has 1 N–H and O–H groups in total. The minimum atomic E-state index is 0.255. The van der Waals surface area contributed by atoms with Crippen molar-refractivity contribution in [2.45, 2.75) is 39.2 Å². The fraction of sp³-hybridized carbons (Fsp3) is 0.500. The Morgan fingerprint density at radius 3 is 2.79 bits per heavy atom. The van der Waals surface area contributed by atoms with Crippen LogP contribution >= 0.6 is 11.6 Å².